The summed E-state index contributed by atoms with van der Waals surface area (Å²) in [5, 5.41) is 7.09. The van der Waals surface area contributed by atoms with Gasteiger partial charge in [-0.1, -0.05) is 13.0 Å². The first-order chi connectivity index (χ1) is 12.1. The minimum Gasteiger partial charge on any atom is -0.497 e. The first-order valence-corrected chi connectivity index (χ1v) is 8.45. The standard InChI is InChI=1S/C19H24N2O3S/c1-5-16(13-6-11-17(23-3)18(12-13)24-4)21-19(25)20-14-7-9-15(22-2)10-8-14/h6-12,16H,5H2,1-4H3,(H2,20,21,25)/t16-/m1/s1. The Bertz CT molecular complexity index is 704. The van der Waals surface area contributed by atoms with E-state index in [0.717, 1.165) is 23.4 Å². The number of nitrogens with one attached hydrogen (secondary N) is 2. The van der Waals surface area contributed by atoms with Crippen molar-refractivity contribution >= 4 is 23.0 Å². The maximum atomic E-state index is 5.44. The van der Waals surface area contributed by atoms with Gasteiger partial charge in [0.1, 0.15) is 5.75 Å². The van der Waals surface area contributed by atoms with E-state index in [1.807, 2.05) is 42.5 Å². The van der Waals surface area contributed by atoms with E-state index in [-0.39, 0.29) is 6.04 Å². The van der Waals surface area contributed by atoms with Gasteiger partial charge in [-0.3, -0.25) is 0 Å². The first-order valence-electron chi connectivity index (χ1n) is 8.04. The summed E-state index contributed by atoms with van der Waals surface area (Å²) in [6.45, 7) is 2.10. The molecule has 5 nitrogen and oxygen atoms in total. The van der Waals surface area contributed by atoms with E-state index in [2.05, 4.69) is 17.6 Å². The van der Waals surface area contributed by atoms with Crippen molar-refractivity contribution < 1.29 is 14.2 Å². The highest BCUT2D eigenvalue weighted by Crippen LogP contribution is 2.30. The third kappa shape index (κ3) is 5.00. The number of benzene rings is 2. The highest BCUT2D eigenvalue weighted by molar-refractivity contribution is 7.80. The molecule has 134 valence electrons. The summed E-state index contributed by atoms with van der Waals surface area (Å²) >= 11 is 5.44. The molecule has 0 spiro atoms. The molecule has 0 amide bonds. The van der Waals surface area contributed by atoms with E-state index in [1.165, 1.54) is 0 Å². The van der Waals surface area contributed by atoms with Crippen LogP contribution in [-0.2, 0) is 0 Å². The molecule has 25 heavy (non-hydrogen) atoms. The van der Waals surface area contributed by atoms with Crippen LogP contribution in [0, 0.1) is 0 Å². The lowest BCUT2D eigenvalue weighted by Crippen LogP contribution is -2.32. The second-order valence-electron chi connectivity index (χ2n) is 5.40. The molecule has 2 aromatic carbocycles. The predicted octanol–water partition coefficient (Wildman–Crippen LogP) is 4.15. The Hall–Kier alpha value is -2.47. The van der Waals surface area contributed by atoms with Gasteiger partial charge >= 0.3 is 0 Å². The Kier molecular flexibility index (Phi) is 6.89. The van der Waals surface area contributed by atoms with Crippen LogP contribution in [-0.4, -0.2) is 26.4 Å². The molecule has 0 aliphatic heterocycles. The van der Waals surface area contributed by atoms with Gasteiger partial charge in [-0.05, 0) is 60.6 Å². The minimum absolute atomic E-state index is 0.0676. The average Bonchev–Trinajstić information content (AvgIpc) is 2.66. The summed E-state index contributed by atoms with van der Waals surface area (Å²) in [6.07, 6.45) is 0.875. The van der Waals surface area contributed by atoms with E-state index in [9.17, 15) is 0 Å². The van der Waals surface area contributed by atoms with Gasteiger partial charge in [0, 0.05) is 5.69 Å². The van der Waals surface area contributed by atoms with Gasteiger partial charge in [-0.2, -0.15) is 0 Å². The van der Waals surface area contributed by atoms with Crippen LogP contribution in [0.4, 0.5) is 5.69 Å². The monoisotopic (exact) mass is 360 g/mol. The predicted molar refractivity (Wildman–Crippen MR) is 105 cm³/mol. The molecule has 2 rings (SSSR count). The van der Waals surface area contributed by atoms with Crippen molar-refractivity contribution in [1.29, 1.82) is 0 Å². The molecule has 1 atom stereocenters. The maximum Gasteiger partial charge on any atom is 0.171 e. The number of anilines is 1. The Labute approximate surface area is 154 Å². The molecule has 0 bridgehead atoms. The summed E-state index contributed by atoms with van der Waals surface area (Å²) in [7, 11) is 4.90. The third-order valence-corrected chi connectivity index (χ3v) is 4.09. The molecular formula is C19H24N2O3S. The zero-order valence-electron chi connectivity index (χ0n) is 15.0. The lowest BCUT2D eigenvalue weighted by Gasteiger charge is -2.21. The van der Waals surface area contributed by atoms with Gasteiger partial charge in [-0.25, -0.2) is 0 Å². The van der Waals surface area contributed by atoms with Gasteiger partial charge in [0.2, 0.25) is 0 Å². The molecule has 0 saturated heterocycles. The molecule has 0 unspecified atom stereocenters. The second-order valence-corrected chi connectivity index (χ2v) is 5.81. The van der Waals surface area contributed by atoms with E-state index in [1.54, 1.807) is 21.3 Å². The first kappa shape index (κ1) is 18.9. The molecule has 0 radical (unpaired) electrons. The van der Waals surface area contributed by atoms with Crippen LogP contribution in [0.2, 0.25) is 0 Å². The molecular weight excluding hydrogens is 336 g/mol. The highest BCUT2D eigenvalue weighted by Gasteiger charge is 2.14. The smallest absolute Gasteiger partial charge is 0.171 e. The lowest BCUT2D eigenvalue weighted by atomic mass is 10.0. The third-order valence-electron chi connectivity index (χ3n) is 3.87. The fourth-order valence-corrected chi connectivity index (χ4v) is 2.75. The summed E-state index contributed by atoms with van der Waals surface area (Å²) in [6, 6.07) is 13.6. The van der Waals surface area contributed by atoms with Crippen LogP contribution in [0.1, 0.15) is 24.9 Å². The SMILES string of the molecule is CC[C@@H](NC(=S)Nc1ccc(OC)cc1)c1ccc(OC)c(OC)c1. The van der Waals surface area contributed by atoms with Crippen LogP contribution >= 0.6 is 12.2 Å². The van der Waals surface area contributed by atoms with Crippen LogP contribution in [0.3, 0.4) is 0 Å². The van der Waals surface area contributed by atoms with Crippen molar-refractivity contribution in [3.63, 3.8) is 0 Å². The zero-order chi connectivity index (χ0) is 18.2. The normalized spacial score (nSPS) is 11.4. The van der Waals surface area contributed by atoms with Gasteiger partial charge in [0.15, 0.2) is 16.6 Å². The molecule has 2 N–H and O–H groups in total. The Morgan fingerprint density at radius 3 is 2.20 bits per heavy atom. The Morgan fingerprint density at radius 2 is 1.64 bits per heavy atom. The van der Waals surface area contributed by atoms with Crippen molar-refractivity contribution in [3.8, 4) is 17.2 Å². The van der Waals surface area contributed by atoms with Crippen molar-refractivity contribution in [2.75, 3.05) is 26.6 Å². The average molecular weight is 360 g/mol. The molecule has 6 heteroatoms. The molecule has 0 fully saturated rings. The number of hydrogen-bond donors (Lipinski definition) is 2. The molecule has 0 aliphatic carbocycles. The molecule has 0 aliphatic rings. The molecule has 0 heterocycles. The van der Waals surface area contributed by atoms with E-state index < -0.39 is 0 Å². The van der Waals surface area contributed by atoms with Gasteiger partial charge in [0.05, 0.1) is 27.4 Å². The van der Waals surface area contributed by atoms with Gasteiger partial charge in [-0.15, -0.1) is 0 Å². The number of methoxy groups -OCH3 is 3. The number of ether oxygens (including phenoxy) is 3. The van der Waals surface area contributed by atoms with E-state index >= 15 is 0 Å². The van der Waals surface area contributed by atoms with Crippen molar-refractivity contribution in [2.45, 2.75) is 19.4 Å². The van der Waals surface area contributed by atoms with Crippen LogP contribution < -0.4 is 24.8 Å². The number of thiocarbonyl (C=S) groups is 1. The van der Waals surface area contributed by atoms with Gasteiger partial charge < -0.3 is 24.8 Å². The molecule has 0 saturated carbocycles. The van der Waals surface area contributed by atoms with Crippen molar-refractivity contribution in [3.05, 3.63) is 48.0 Å². The number of rotatable bonds is 7. The van der Waals surface area contributed by atoms with Crippen molar-refractivity contribution in [1.82, 2.24) is 5.32 Å². The van der Waals surface area contributed by atoms with E-state index in [4.69, 9.17) is 26.4 Å². The topological polar surface area (TPSA) is 51.8 Å². The maximum absolute atomic E-state index is 5.44. The summed E-state index contributed by atoms with van der Waals surface area (Å²) in [5.41, 5.74) is 1.99. The Morgan fingerprint density at radius 1 is 0.960 bits per heavy atom. The quantitative estimate of drug-likeness (QED) is 0.724. The lowest BCUT2D eigenvalue weighted by molar-refractivity contribution is 0.354. The summed E-state index contributed by atoms with van der Waals surface area (Å²) < 4.78 is 15.8. The largest absolute Gasteiger partial charge is 0.497 e. The minimum atomic E-state index is 0.0676. The van der Waals surface area contributed by atoms with Crippen LogP contribution in [0.5, 0.6) is 17.2 Å². The Balaban J connectivity index is 2.06. The summed E-state index contributed by atoms with van der Waals surface area (Å²) in [4.78, 5) is 0. The molecule has 0 aromatic heterocycles. The summed E-state index contributed by atoms with van der Waals surface area (Å²) in [5.74, 6) is 2.22. The fourth-order valence-electron chi connectivity index (χ4n) is 2.49. The second kappa shape index (κ2) is 9.13. The zero-order valence-corrected chi connectivity index (χ0v) is 15.8. The highest BCUT2D eigenvalue weighted by atomic mass is 32.1. The molecule has 2 aromatic rings. The van der Waals surface area contributed by atoms with Crippen LogP contribution in [0.15, 0.2) is 42.5 Å². The van der Waals surface area contributed by atoms with Gasteiger partial charge in [0.25, 0.3) is 0 Å². The van der Waals surface area contributed by atoms with E-state index in [0.29, 0.717) is 16.6 Å². The van der Waals surface area contributed by atoms with Crippen molar-refractivity contribution in [2.24, 2.45) is 0 Å². The fraction of sp³-hybridized carbons (Fsp3) is 0.316. The number of hydrogen-bond acceptors (Lipinski definition) is 4. The van der Waals surface area contributed by atoms with Crippen LogP contribution in [0.25, 0.3) is 0 Å².